The van der Waals surface area contributed by atoms with Crippen LogP contribution >= 0.6 is 11.3 Å². The maximum Gasteiger partial charge on any atom is 0.0794 e. The molecule has 2 heterocycles. The molecule has 1 atom stereocenters. The van der Waals surface area contributed by atoms with Gasteiger partial charge in [0, 0.05) is 36.4 Å². The number of nitrogens with one attached hydrogen (secondary N) is 1. The van der Waals surface area contributed by atoms with Crippen molar-refractivity contribution in [3.05, 3.63) is 16.6 Å². The van der Waals surface area contributed by atoms with E-state index in [-0.39, 0.29) is 0 Å². The van der Waals surface area contributed by atoms with E-state index in [9.17, 15) is 0 Å². The molecule has 0 bridgehead atoms. The zero-order valence-electron chi connectivity index (χ0n) is 8.40. The Labute approximate surface area is 88.5 Å². The smallest absolute Gasteiger partial charge is 0.0794 e. The summed E-state index contributed by atoms with van der Waals surface area (Å²) in [5.74, 6) is 0. The number of nitrogens with zero attached hydrogens (tertiary/aromatic N) is 1. The monoisotopic (exact) mass is 212 g/mol. The third-order valence-corrected chi connectivity index (χ3v) is 3.54. The lowest BCUT2D eigenvalue weighted by atomic mass is 10.1. The van der Waals surface area contributed by atoms with Crippen LogP contribution in [0.2, 0.25) is 0 Å². The third-order valence-electron chi connectivity index (χ3n) is 2.59. The lowest BCUT2D eigenvalue weighted by Gasteiger charge is -2.26. The van der Waals surface area contributed by atoms with Gasteiger partial charge in [0.2, 0.25) is 0 Å². The van der Waals surface area contributed by atoms with Crippen LogP contribution in [0, 0.1) is 0 Å². The first-order chi connectivity index (χ1) is 6.86. The van der Waals surface area contributed by atoms with Crippen LogP contribution in [0.25, 0.3) is 0 Å². The van der Waals surface area contributed by atoms with Crippen molar-refractivity contribution in [2.45, 2.75) is 31.8 Å². The van der Waals surface area contributed by atoms with Gasteiger partial charge in [-0.1, -0.05) is 0 Å². The molecule has 1 N–H and O–H groups in total. The molecule has 1 aromatic rings. The molecule has 0 radical (unpaired) electrons. The summed E-state index contributed by atoms with van der Waals surface area (Å²) in [5.41, 5.74) is 1.89. The Balaban J connectivity index is 1.84. The van der Waals surface area contributed by atoms with Crippen LogP contribution in [0.1, 0.15) is 30.7 Å². The second-order valence-corrected chi connectivity index (χ2v) is 4.60. The SMILES string of the molecule is CC(NC1CCOCC1)c1cncs1. The van der Waals surface area contributed by atoms with Gasteiger partial charge in [0.15, 0.2) is 0 Å². The van der Waals surface area contributed by atoms with Gasteiger partial charge in [0.25, 0.3) is 0 Å². The molecule has 1 aromatic heterocycles. The highest BCUT2D eigenvalue weighted by Gasteiger charge is 2.16. The molecule has 78 valence electrons. The van der Waals surface area contributed by atoms with Gasteiger partial charge in [-0.2, -0.15) is 0 Å². The van der Waals surface area contributed by atoms with E-state index in [1.165, 1.54) is 4.88 Å². The Morgan fingerprint density at radius 1 is 1.57 bits per heavy atom. The summed E-state index contributed by atoms with van der Waals surface area (Å²) in [5, 5.41) is 3.61. The molecule has 1 unspecified atom stereocenters. The van der Waals surface area contributed by atoms with Gasteiger partial charge in [0.05, 0.1) is 5.51 Å². The van der Waals surface area contributed by atoms with E-state index in [2.05, 4.69) is 17.2 Å². The van der Waals surface area contributed by atoms with E-state index in [4.69, 9.17) is 4.74 Å². The van der Waals surface area contributed by atoms with E-state index < -0.39 is 0 Å². The van der Waals surface area contributed by atoms with Crippen LogP contribution in [-0.4, -0.2) is 24.2 Å². The lowest BCUT2D eigenvalue weighted by molar-refractivity contribution is 0.0755. The molecule has 0 spiro atoms. The minimum Gasteiger partial charge on any atom is -0.381 e. The summed E-state index contributed by atoms with van der Waals surface area (Å²) in [6.45, 7) is 3.99. The van der Waals surface area contributed by atoms with Crippen molar-refractivity contribution in [2.24, 2.45) is 0 Å². The van der Waals surface area contributed by atoms with Crippen LogP contribution < -0.4 is 5.32 Å². The minimum atomic E-state index is 0.422. The van der Waals surface area contributed by atoms with E-state index in [0.29, 0.717) is 12.1 Å². The topological polar surface area (TPSA) is 34.1 Å². The van der Waals surface area contributed by atoms with Gasteiger partial charge >= 0.3 is 0 Å². The summed E-state index contributed by atoms with van der Waals surface area (Å²) < 4.78 is 5.32. The van der Waals surface area contributed by atoms with Gasteiger partial charge in [-0.15, -0.1) is 11.3 Å². The molecule has 0 aromatic carbocycles. The number of hydrogen-bond donors (Lipinski definition) is 1. The fraction of sp³-hybridized carbons (Fsp3) is 0.700. The van der Waals surface area contributed by atoms with Gasteiger partial charge in [-0.25, -0.2) is 0 Å². The van der Waals surface area contributed by atoms with E-state index >= 15 is 0 Å². The normalized spacial score (nSPS) is 20.9. The highest BCUT2D eigenvalue weighted by Crippen LogP contribution is 2.19. The Morgan fingerprint density at radius 2 is 2.36 bits per heavy atom. The largest absolute Gasteiger partial charge is 0.381 e. The maximum atomic E-state index is 5.32. The maximum absolute atomic E-state index is 5.32. The molecule has 2 rings (SSSR count). The molecule has 0 saturated carbocycles. The predicted molar refractivity (Wildman–Crippen MR) is 57.5 cm³/mol. The zero-order valence-corrected chi connectivity index (χ0v) is 9.22. The number of aromatic nitrogens is 1. The van der Waals surface area contributed by atoms with E-state index in [1.54, 1.807) is 11.3 Å². The van der Waals surface area contributed by atoms with Crippen molar-refractivity contribution >= 4 is 11.3 Å². The minimum absolute atomic E-state index is 0.422. The van der Waals surface area contributed by atoms with Gasteiger partial charge in [-0.3, -0.25) is 4.98 Å². The summed E-state index contributed by atoms with van der Waals surface area (Å²) in [4.78, 5) is 5.41. The Morgan fingerprint density at radius 3 is 3.00 bits per heavy atom. The van der Waals surface area contributed by atoms with Crippen molar-refractivity contribution in [3.63, 3.8) is 0 Å². The number of hydrogen-bond acceptors (Lipinski definition) is 4. The first-order valence-electron chi connectivity index (χ1n) is 5.08. The molecule has 14 heavy (non-hydrogen) atoms. The molecular weight excluding hydrogens is 196 g/mol. The summed E-state index contributed by atoms with van der Waals surface area (Å²) in [6, 6.07) is 1.03. The highest BCUT2D eigenvalue weighted by atomic mass is 32.1. The zero-order chi connectivity index (χ0) is 9.80. The fourth-order valence-corrected chi connectivity index (χ4v) is 2.38. The third kappa shape index (κ3) is 2.53. The van der Waals surface area contributed by atoms with Crippen LogP contribution in [0.5, 0.6) is 0 Å². The van der Waals surface area contributed by atoms with Crippen molar-refractivity contribution in [1.82, 2.24) is 10.3 Å². The molecular formula is C10H16N2OS. The summed E-state index contributed by atoms with van der Waals surface area (Å²) >= 11 is 1.71. The second kappa shape index (κ2) is 4.87. The molecule has 1 fully saturated rings. The molecule has 1 aliphatic rings. The molecule has 0 aliphatic carbocycles. The second-order valence-electron chi connectivity index (χ2n) is 3.68. The van der Waals surface area contributed by atoms with Gasteiger partial charge in [0.1, 0.15) is 0 Å². The van der Waals surface area contributed by atoms with Gasteiger partial charge in [-0.05, 0) is 19.8 Å². The molecule has 1 saturated heterocycles. The lowest BCUT2D eigenvalue weighted by Crippen LogP contribution is -2.36. The first kappa shape index (κ1) is 10.1. The van der Waals surface area contributed by atoms with E-state index in [0.717, 1.165) is 26.1 Å². The van der Waals surface area contributed by atoms with Crippen LogP contribution in [0.15, 0.2) is 11.7 Å². The first-order valence-corrected chi connectivity index (χ1v) is 5.96. The van der Waals surface area contributed by atoms with Gasteiger partial charge < -0.3 is 10.1 Å². The number of thiazole rings is 1. The summed E-state index contributed by atoms with van der Waals surface area (Å²) in [7, 11) is 0. The molecule has 3 nitrogen and oxygen atoms in total. The fourth-order valence-electron chi connectivity index (χ4n) is 1.74. The number of rotatable bonds is 3. The predicted octanol–water partition coefficient (Wildman–Crippen LogP) is 1.97. The van der Waals surface area contributed by atoms with Crippen LogP contribution in [-0.2, 0) is 4.74 Å². The van der Waals surface area contributed by atoms with Crippen molar-refractivity contribution in [3.8, 4) is 0 Å². The number of ether oxygens (including phenoxy) is 1. The molecule has 1 aliphatic heterocycles. The Kier molecular flexibility index (Phi) is 3.50. The van der Waals surface area contributed by atoms with Crippen molar-refractivity contribution < 1.29 is 4.74 Å². The Hall–Kier alpha value is -0.450. The quantitative estimate of drug-likeness (QED) is 0.832. The average Bonchev–Trinajstić information content (AvgIpc) is 2.72. The van der Waals surface area contributed by atoms with Crippen LogP contribution in [0.3, 0.4) is 0 Å². The van der Waals surface area contributed by atoms with Crippen molar-refractivity contribution in [1.29, 1.82) is 0 Å². The summed E-state index contributed by atoms with van der Waals surface area (Å²) in [6.07, 6.45) is 4.20. The Bertz CT molecular complexity index is 257. The van der Waals surface area contributed by atoms with Crippen molar-refractivity contribution in [2.75, 3.05) is 13.2 Å². The molecule has 4 heteroatoms. The standard InChI is InChI=1S/C10H16N2OS/c1-8(10-6-11-7-14-10)12-9-2-4-13-5-3-9/h6-9,12H,2-5H2,1H3. The molecule has 0 amide bonds. The highest BCUT2D eigenvalue weighted by molar-refractivity contribution is 7.09. The average molecular weight is 212 g/mol. The van der Waals surface area contributed by atoms with Crippen LogP contribution in [0.4, 0.5) is 0 Å². The van der Waals surface area contributed by atoms with E-state index in [1.807, 2.05) is 11.7 Å².